The van der Waals surface area contributed by atoms with Gasteiger partial charge in [0.15, 0.2) is 5.78 Å². The number of hydrogen-bond donors (Lipinski definition) is 3. The number of benzene rings is 1. The molecule has 4 rings (SSSR count). The lowest BCUT2D eigenvalue weighted by molar-refractivity contribution is -0.147. The van der Waals surface area contributed by atoms with Gasteiger partial charge in [-0.05, 0) is 55.7 Å². The average molecular weight is 599 g/mol. The van der Waals surface area contributed by atoms with Crippen molar-refractivity contribution in [2.75, 3.05) is 20.3 Å². The fourth-order valence-corrected chi connectivity index (χ4v) is 5.82. The number of nitrogens with one attached hydrogen (secondary N) is 3. The Morgan fingerprint density at radius 2 is 1.67 bits per heavy atom. The number of nitrogens with zero attached hydrogens (tertiary/aromatic N) is 1. The van der Waals surface area contributed by atoms with Crippen LogP contribution in [0.25, 0.3) is 0 Å². The van der Waals surface area contributed by atoms with Gasteiger partial charge in [0, 0.05) is 19.4 Å². The molecule has 3 aliphatic rings. The second-order valence-electron chi connectivity index (χ2n) is 12.0. The van der Waals surface area contributed by atoms with Crippen molar-refractivity contribution in [1.82, 2.24) is 20.9 Å². The molecule has 1 aromatic rings. The Morgan fingerprint density at radius 1 is 0.977 bits per heavy atom. The molecule has 43 heavy (non-hydrogen) atoms. The molecule has 0 radical (unpaired) electrons. The van der Waals surface area contributed by atoms with Gasteiger partial charge >= 0.3 is 0 Å². The van der Waals surface area contributed by atoms with Crippen LogP contribution in [0.5, 0.6) is 5.75 Å². The number of piperidine rings is 1. The summed E-state index contributed by atoms with van der Waals surface area (Å²) in [6.07, 6.45) is 5.41. The Hall–Kier alpha value is -3.47. The summed E-state index contributed by atoms with van der Waals surface area (Å²) in [4.78, 5) is 68.6. The molecule has 3 heterocycles. The van der Waals surface area contributed by atoms with Crippen molar-refractivity contribution in [1.29, 1.82) is 0 Å². The Bertz CT molecular complexity index is 1150. The van der Waals surface area contributed by atoms with E-state index in [9.17, 15) is 24.0 Å². The van der Waals surface area contributed by atoms with E-state index in [1.54, 1.807) is 24.1 Å². The molecule has 6 atom stereocenters. The molecule has 0 spiro atoms. The first kappa shape index (κ1) is 32.4. The minimum Gasteiger partial charge on any atom is -0.497 e. The summed E-state index contributed by atoms with van der Waals surface area (Å²) in [5.74, 6) is -0.907. The Labute approximate surface area is 253 Å². The van der Waals surface area contributed by atoms with Crippen LogP contribution in [0, 0.1) is 5.92 Å². The first-order valence-corrected chi connectivity index (χ1v) is 15.7. The lowest BCUT2D eigenvalue weighted by atomic mass is 9.93. The van der Waals surface area contributed by atoms with Gasteiger partial charge in [0.05, 0.1) is 13.7 Å². The van der Waals surface area contributed by atoms with Gasteiger partial charge in [-0.15, -0.1) is 0 Å². The summed E-state index contributed by atoms with van der Waals surface area (Å²) in [5, 5.41) is 8.76. The molecule has 11 heteroatoms. The molecule has 1 unspecified atom stereocenters. The van der Waals surface area contributed by atoms with Gasteiger partial charge in [-0.25, -0.2) is 0 Å². The van der Waals surface area contributed by atoms with Crippen molar-refractivity contribution in [2.24, 2.45) is 5.92 Å². The zero-order valence-corrected chi connectivity index (χ0v) is 25.6. The van der Waals surface area contributed by atoms with Crippen LogP contribution in [-0.2, 0) is 35.1 Å². The zero-order valence-electron chi connectivity index (χ0n) is 25.6. The Balaban J connectivity index is 1.56. The minimum atomic E-state index is -0.965. The lowest BCUT2D eigenvalue weighted by Gasteiger charge is -2.39. The number of carbonyl (C=O) groups is 5. The third-order valence-electron chi connectivity index (χ3n) is 8.84. The molecule has 3 saturated heterocycles. The Morgan fingerprint density at radius 3 is 2.35 bits per heavy atom. The fraction of sp³-hybridized carbons (Fsp3) is 0.656. The van der Waals surface area contributed by atoms with Crippen molar-refractivity contribution in [2.45, 2.75) is 108 Å². The molecule has 0 aromatic heterocycles. The third-order valence-corrected chi connectivity index (χ3v) is 8.84. The SMILES string of the molecule is CC[C@H](C)[C@@H]1NC(=O)[C@@H](Cc2ccc(OC)cc2)NC(=O)[C@H](CCCCCC(=O)C2CO2)NC(=O)[C@@H]2CCCCN2C1=O. The van der Waals surface area contributed by atoms with Crippen LogP contribution in [0.3, 0.4) is 0 Å². The van der Waals surface area contributed by atoms with E-state index in [1.807, 2.05) is 26.0 Å². The summed E-state index contributed by atoms with van der Waals surface area (Å²) >= 11 is 0. The second kappa shape index (κ2) is 15.3. The van der Waals surface area contributed by atoms with Crippen molar-refractivity contribution >= 4 is 29.4 Å². The molecular weight excluding hydrogens is 552 g/mol. The number of unbranched alkanes of at least 4 members (excludes halogenated alkanes) is 2. The van der Waals surface area contributed by atoms with E-state index in [0.717, 1.165) is 18.4 Å². The van der Waals surface area contributed by atoms with Crippen molar-refractivity contribution in [3.8, 4) is 5.75 Å². The number of amides is 4. The highest BCUT2D eigenvalue weighted by atomic mass is 16.6. The number of carbonyl (C=O) groups excluding carboxylic acids is 5. The number of hydrogen-bond acceptors (Lipinski definition) is 7. The van der Waals surface area contributed by atoms with Gasteiger partial charge in [0.2, 0.25) is 23.6 Å². The molecule has 11 nitrogen and oxygen atoms in total. The minimum absolute atomic E-state index is 0.0993. The largest absolute Gasteiger partial charge is 0.497 e. The molecule has 3 aliphatic heterocycles. The topological polar surface area (TPSA) is 146 Å². The predicted octanol–water partition coefficient (Wildman–Crippen LogP) is 2.05. The standard InChI is InChI=1S/C32H46N4O7/c1-4-20(2)28-32(41)36-17-9-8-11-25(36)31(40)33-23(10-6-5-7-12-26(37)27-19-43-27)29(38)34-24(30(39)35-28)18-21-13-15-22(42-3)16-14-21/h13-16,20,23-25,27-28H,4-12,17-19H2,1-3H3,(H,33,40)(H,34,38)(H,35,39)/t20-,23-,24+,25-,27?,28-/m0/s1. The molecule has 236 valence electrons. The molecule has 3 N–H and O–H groups in total. The summed E-state index contributed by atoms with van der Waals surface area (Å²) in [5.41, 5.74) is 0.806. The van der Waals surface area contributed by atoms with Gasteiger partial charge in [-0.3, -0.25) is 24.0 Å². The second-order valence-corrected chi connectivity index (χ2v) is 12.0. The molecule has 4 amide bonds. The maximum absolute atomic E-state index is 13.9. The van der Waals surface area contributed by atoms with Crippen LogP contribution in [0.1, 0.15) is 77.2 Å². The van der Waals surface area contributed by atoms with E-state index in [1.165, 1.54) is 0 Å². The molecule has 0 saturated carbocycles. The van der Waals surface area contributed by atoms with Crippen molar-refractivity contribution in [3.63, 3.8) is 0 Å². The van der Waals surface area contributed by atoms with E-state index in [4.69, 9.17) is 9.47 Å². The number of Topliss-reactive ketones (excluding diaryl/α,β-unsaturated/α-hetero) is 1. The number of methoxy groups -OCH3 is 1. The van der Waals surface area contributed by atoms with Gasteiger partial charge in [0.25, 0.3) is 0 Å². The quantitative estimate of drug-likeness (QED) is 0.247. The molecule has 0 bridgehead atoms. The number of ketones is 1. The van der Waals surface area contributed by atoms with Crippen LogP contribution in [0.4, 0.5) is 0 Å². The molecule has 0 aliphatic carbocycles. The first-order valence-electron chi connectivity index (χ1n) is 15.7. The highest BCUT2D eigenvalue weighted by Gasteiger charge is 2.40. The molecule has 1 aromatic carbocycles. The van der Waals surface area contributed by atoms with Crippen LogP contribution in [0.2, 0.25) is 0 Å². The maximum Gasteiger partial charge on any atom is 0.246 e. The van der Waals surface area contributed by atoms with Crippen molar-refractivity contribution in [3.05, 3.63) is 29.8 Å². The number of epoxide rings is 1. The normalized spacial score (nSPS) is 27.0. The first-order chi connectivity index (χ1) is 20.7. The summed E-state index contributed by atoms with van der Waals surface area (Å²) in [6, 6.07) is 3.86. The van der Waals surface area contributed by atoms with Gasteiger partial charge in [-0.2, -0.15) is 0 Å². The predicted molar refractivity (Wildman–Crippen MR) is 159 cm³/mol. The van der Waals surface area contributed by atoms with E-state index in [2.05, 4.69) is 16.0 Å². The highest BCUT2D eigenvalue weighted by molar-refractivity contribution is 5.97. The van der Waals surface area contributed by atoms with E-state index >= 15 is 0 Å². The third kappa shape index (κ3) is 8.78. The zero-order chi connectivity index (χ0) is 30.9. The molecular formula is C32H46N4O7. The van der Waals surface area contributed by atoms with E-state index < -0.39 is 36.0 Å². The van der Waals surface area contributed by atoms with Gasteiger partial charge in [0.1, 0.15) is 36.0 Å². The number of ether oxygens (including phenoxy) is 2. The van der Waals surface area contributed by atoms with Gasteiger partial charge < -0.3 is 30.3 Å². The summed E-state index contributed by atoms with van der Waals surface area (Å²) < 4.78 is 10.3. The summed E-state index contributed by atoms with van der Waals surface area (Å²) in [7, 11) is 1.57. The highest BCUT2D eigenvalue weighted by Crippen LogP contribution is 2.23. The van der Waals surface area contributed by atoms with Crippen LogP contribution < -0.4 is 20.7 Å². The van der Waals surface area contributed by atoms with Gasteiger partial charge in [-0.1, -0.05) is 45.2 Å². The van der Waals surface area contributed by atoms with Crippen molar-refractivity contribution < 1.29 is 33.4 Å². The van der Waals surface area contributed by atoms with E-state index in [-0.39, 0.29) is 36.0 Å². The fourth-order valence-electron chi connectivity index (χ4n) is 5.82. The average Bonchev–Trinajstić information content (AvgIpc) is 3.87. The number of rotatable bonds is 12. The Kier molecular flexibility index (Phi) is 11.6. The lowest BCUT2D eigenvalue weighted by Crippen LogP contribution is -2.64. The van der Waals surface area contributed by atoms with Crippen LogP contribution in [0.15, 0.2) is 24.3 Å². The van der Waals surface area contributed by atoms with Crippen LogP contribution >= 0.6 is 0 Å². The molecule has 3 fully saturated rings. The summed E-state index contributed by atoms with van der Waals surface area (Å²) in [6.45, 7) is 4.78. The smallest absolute Gasteiger partial charge is 0.246 e. The van der Waals surface area contributed by atoms with Crippen LogP contribution in [-0.4, -0.2) is 84.8 Å². The monoisotopic (exact) mass is 598 g/mol. The maximum atomic E-state index is 13.9. The van der Waals surface area contributed by atoms with E-state index in [0.29, 0.717) is 63.8 Å². The number of fused-ring (bicyclic) bond motifs is 1.